The molecule has 1 aromatic rings. The second-order valence-corrected chi connectivity index (χ2v) is 4.30. The zero-order chi connectivity index (χ0) is 12.4. The summed E-state index contributed by atoms with van der Waals surface area (Å²) in [5.41, 5.74) is 5.80. The fraction of sp³-hybridized carbons (Fsp3) is 0.545. The fourth-order valence-electron chi connectivity index (χ4n) is 1.99. The van der Waals surface area contributed by atoms with Crippen LogP contribution < -0.4 is 5.73 Å². The summed E-state index contributed by atoms with van der Waals surface area (Å²) in [5, 5.41) is 0. The number of anilines is 1. The standard InChI is InChI=1S/C11H16N4O2/c1-7-5-15(6-8(2)17-7)11(16)9-3-13-4-10(12)14-9/h3-4,7-8H,5-6H2,1-2H3,(H2,12,14)/t7-,8+. The van der Waals surface area contributed by atoms with E-state index in [1.165, 1.54) is 12.4 Å². The summed E-state index contributed by atoms with van der Waals surface area (Å²) in [5.74, 6) is 0.108. The Hall–Kier alpha value is -1.69. The van der Waals surface area contributed by atoms with E-state index in [2.05, 4.69) is 9.97 Å². The summed E-state index contributed by atoms with van der Waals surface area (Å²) in [6.45, 7) is 5.03. The van der Waals surface area contributed by atoms with Crippen molar-refractivity contribution in [2.75, 3.05) is 18.8 Å². The Kier molecular flexibility index (Phi) is 3.23. The van der Waals surface area contributed by atoms with E-state index in [9.17, 15) is 4.79 Å². The third-order valence-corrected chi connectivity index (χ3v) is 2.58. The van der Waals surface area contributed by atoms with E-state index in [1.807, 2.05) is 13.8 Å². The van der Waals surface area contributed by atoms with Crippen molar-refractivity contribution in [3.8, 4) is 0 Å². The molecule has 1 aromatic heterocycles. The quantitative estimate of drug-likeness (QED) is 0.758. The van der Waals surface area contributed by atoms with E-state index in [0.717, 1.165) is 0 Å². The normalized spacial score (nSPS) is 24.7. The van der Waals surface area contributed by atoms with Gasteiger partial charge < -0.3 is 15.4 Å². The predicted octanol–water partition coefficient (Wildman–Crippen LogP) is 0.308. The molecule has 2 atom stereocenters. The van der Waals surface area contributed by atoms with Crippen molar-refractivity contribution in [2.45, 2.75) is 26.1 Å². The summed E-state index contributed by atoms with van der Waals surface area (Å²) >= 11 is 0. The second-order valence-electron chi connectivity index (χ2n) is 4.30. The van der Waals surface area contributed by atoms with Gasteiger partial charge in [-0.15, -0.1) is 0 Å². The van der Waals surface area contributed by atoms with Gasteiger partial charge in [-0.2, -0.15) is 0 Å². The van der Waals surface area contributed by atoms with Crippen molar-refractivity contribution >= 4 is 11.7 Å². The van der Waals surface area contributed by atoms with Crippen LogP contribution in [0.2, 0.25) is 0 Å². The third-order valence-electron chi connectivity index (χ3n) is 2.58. The highest BCUT2D eigenvalue weighted by atomic mass is 16.5. The van der Waals surface area contributed by atoms with Crippen molar-refractivity contribution in [1.82, 2.24) is 14.9 Å². The highest BCUT2D eigenvalue weighted by molar-refractivity contribution is 5.92. The molecular weight excluding hydrogens is 220 g/mol. The monoisotopic (exact) mass is 236 g/mol. The molecule has 0 aromatic carbocycles. The lowest BCUT2D eigenvalue weighted by Crippen LogP contribution is -2.48. The molecule has 0 spiro atoms. The summed E-state index contributed by atoms with van der Waals surface area (Å²) in [4.78, 5) is 21.7. The first-order valence-electron chi connectivity index (χ1n) is 5.58. The molecule has 1 aliphatic heterocycles. The highest BCUT2D eigenvalue weighted by Gasteiger charge is 2.27. The number of ether oxygens (including phenoxy) is 1. The Morgan fingerprint density at radius 1 is 1.41 bits per heavy atom. The Balaban J connectivity index is 2.14. The maximum absolute atomic E-state index is 12.2. The molecule has 0 aliphatic carbocycles. The molecule has 2 heterocycles. The van der Waals surface area contributed by atoms with Gasteiger partial charge in [0.15, 0.2) is 0 Å². The van der Waals surface area contributed by atoms with Crippen LogP contribution in [0.25, 0.3) is 0 Å². The zero-order valence-electron chi connectivity index (χ0n) is 9.96. The maximum Gasteiger partial charge on any atom is 0.274 e. The average molecular weight is 236 g/mol. The summed E-state index contributed by atoms with van der Waals surface area (Å²) in [6.07, 6.45) is 2.93. The average Bonchev–Trinajstić information content (AvgIpc) is 2.26. The summed E-state index contributed by atoms with van der Waals surface area (Å²) < 4.78 is 5.57. The number of nitrogen functional groups attached to an aromatic ring is 1. The second kappa shape index (κ2) is 4.67. The molecule has 2 rings (SSSR count). The number of nitrogens with two attached hydrogens (primary N) is 1. The van der Waals surface area contributed by atoms with Gasteiger partial charge in [-0.1, -0.05) is 0 Å². The van der Waals surface area contributed by atoms with Gasteiger partial charge in [-0.3, -0.25) is 9.78 Å². The van der Waals surface area contributed by atoms with Crippen molar-refractivity contribution < 1.29 is 9.53 Å². The van der Waals surface area contributed by atoms with Crippen molar-refractivity contribution in [1.29, 1.82) is 0 Å². The number of nitrogens with zero attached hydrogens (tertiary/aromatic N) is 3. The Morgan fingerprint density at radius 3 is 2.65 bits per heavy atom. The van der Waals surface area contributed by atoms with Gasteiger partial charge in [-0.25, -0.2) is 4.98 Å². The van der Waals surface area contributed by atoms with Gasteiger partial charge in [0.25, 0.3) is 5.91 Å². The van der Waals surface area contributed by atoms with E-state index >= 15 is 0 Å². The first kappa shape index (κ1) is 11.8. The number of hydrogen-bond donors (Lipinski definition) is 1. The molecule has 2 N–H and O–H groups in total. The lowest BCUT2D eigenvalue weighted by Gasteiger charge is -2.35. The number of amides is 1. The lowest BCUT2D eigenvalue weighted by atomic mass is 10.2. The molecule has 1 fully saturated rings. The number of morpholine rings is 1. The summed E-state index contributed by atoms with van der Waals surface area (Å²) in [6, 6.07) is 0. The molecule has 0 bridgehead atoms. The number of hydrogen-bond acceptors (Lipinski definition) is 5. The van der Waals surface area contributed by atoms with E-state index in [1.54, 1.807) is 4.90 Å². The molecule has 0 saturated carbocycles. The molecular formula is C11H16N4O2. The Morgan fingerprint density at radius 2 is 2.06 bits per heavy atom. The molecule has 1 saturated heterocycles. The van der Waals surface area contributed by atoms with Gasteiger partial charge in [0.1, 0.15) is 11.5 Å². The van der Waals surface area contributed by atoms with Gasteiger partial charge in [0.2, 0.25) is 0 Å². The van der Waals surface area contributed by atoms with Crippen molar-refractivity contribution in [3.63, 3.8) is 0 Å². The van der Waals surface area contributed by atoms with Crippen LogP contribution >= 0.6 is 0 Å². The molecule has 0 unspecified atom stereocenters. The lowest BCUT2D eigenvalue weighted by molar-refractivity contribution is -0.0587. The van der Waals surface area contributed by atoms with Crippen molar-refractivity contribution in [3.05, 3.63) is 18.1 Å². The van der Waals surface area contributed by atoms with Crippen LogP contribution in [0.3, 0.4) is 0 Å². The minimum Gasteiger partial charge on any atom is -0.382 e. The molecule has 0 radical (unpaired) electrons. The number of aromatic nitrogens is 2. The van der Waals surface area contributed by atoms with Crippen LogP contribution in [0, 0.1) is 0 Å². The van der Waals surface area contributed by atoms with Crippen LogP contribution in [0.15, 0.2) is 12.4 Å². The largest absolute Gasteiger partial charge is 0.382 e. The van der Waals surface area contributed by atoms with E-state index in [4.69, 9.17) is 10.5 Å². The fourth-order valence-corrected chi connectivity index (χ4v) is 1.99. The van der Waals surface area contributed by atoms with E-state index in [0.29, 0.717) is 13.1 Å². The molecule has 92 valence electrons. The van der Waals surface area contributed by atoms with Gasteiger partial charge in [0.05, 0.1) is 24.6 Å². The Labute approximate surface area is 99.8 Å². The van der Waals surface area contributed by atoms with Crippen LogP contribution in [0.5, 0.6) is 0 Å². The van der Waals surface area contributed by atoms with Crippen LogP contribution in [0.4, 0.5) is 5.82 Å². The number of rotatable bonds is 1. The minimum absolute atomic E-state index is 0.0386. The molecule has 17 heavy (non-hydrogen) atoms. The predicted molar refractivity (Wildman–Crippen MR) is 62.4 cm³/mol. The van der Waals surface area contributed by atoms with Crippen LogP contribution in [0.1, 0.15) is 24.3 Å². The first-order valence-corrected chi connectivity index (χ1v) is 5.58. The molecule has 1 aliphatic rings. The molecule has 6 nitrogen and oxygen atoms in total. The highest BCUT2D eigenvalue weighted by Crippen LogP contribution is 2.13. The SMILES string of the molecule is C[C@@H]1CN(C(=O)c2cncc(N)n2)C[C@H](C)O1. The minimum atomic E-state index is -0.146. The molecule has 1 amide bonds. The first-order chi connectivity index (χ1) is 8.06. The van der Waals surface area contributed by atoms with E-state index in [-0.39, 0.29) is 29.6 Å². The van der Waals surface area contributed by atoms with Crippen molar-refractivity contribution in [2.24, 2.45) is 0 Å². The van der Waals surface area contributed by atoms with Gasteiger partial charge >= 0.3 is 0 Å². The summed E-state index contributed by atoms with van der Waals surface area (Å²) in [7, 11) is 0. The zero-order valence-corrected chi connectivity index (χ0v) is 9.96. The third kappa shape index (κ3) is 2.71. The van der Waals surface area contributed by atoms with Crippen LogP contribution in [-0.4, -0.2) is 46.1 Å². The number of carbonyl (C=O) groups is 1. The van der Waals surface area contributed by atoms with Crippen LogP contribution in [-0.2, 0) is 4.74 Å². The van der Waals surface area contributed by atoms with Gasteiger partial charge in [-0.05, 0) is 13.8 Å². The maximum atomic E-state index is 12.2. The number of carbonyl (C=O) groups excluding carboxylic acids is 1. The molecule has 6 heteroatoms. The smallest absolute Gasteiger partial charge is 0.274 e. The topological polar surface area (TPSA) is 81.3 Å². The Bertz CT molecular complexity index is 414. The van der Waals surface area contributed by atoms with Gasteiger partial charge in [0, 0.05) is 13.1 Å². The van der Waals surface area contributed by atoms with E-state index < -0.39 is 0 Å².